The average molecular weight is 316 g/mol. The fourth-order valence-corrected chi connectivity index (χ4v) is 2.59. The van der Waals surface area contributed by atoms with Gasteiger partial charge in [0.15, 0.2) is 11.5 Å². The number of hydrogen-bond acceptors (Lipinski definition) is 2. The molecule has 96 valence electrons. The van der Waals surface area contributed by atoms with E-state index in [-0.39, 0.29) is 0 Å². The number of fused-ring (bicyclic) bond motifs is 1. The van der Waals surface area contributed by atoms with Crippen molar-refractivity contribution in [1.82, 2.24) is 14.6 Å². The van der Waals surface area contributed by atoms with Crippen molar-refractivity contribution in [3.8, 4) is 11.4 Å². The number of hydrogen-bond donors (Lipinski definition) is 0. The smallest absolute Gasteiger partial charge is 0.168 e. The summed E-state index contributed by atoms with van der Waals surface area (Å²) in [6, 6.07) is 12.3. The maximum absolute atomic E-state index is 4.34. The molecule has 0 radical (unpaired) electrons. The van der Waals surface area contributed by atoms with Crippen LogP contribution in [0.1, 0.15) is 25.3 Å². The van der Waals surface area contributed by atoms with E-state index in [1.165, 1.54) is 5.56 Å². The highest BCUT2D eigenvalue weighted by Crippen LogP contribution is 2.28. The number of rotatable bonds is 2. The van der Waals surface area contributed by atoms with Crippen molar-refractivity contribution in [2.24, 2.45) is 0 Å². The number of nitrogens with zero attached hydrogens (tertiary/aromatic N) is 3. The maximum atomic E-state index is 4.34. The molecule has 0 aliphatic heterocycles. The van der Waals surface area contributed by atoms with Gasteiger partial charge in [0.2, 0.25) is 0 Å². The Labute approximate surface area is 120 Å². The van der Waals surface area contributed by atoms with Gasteiger partial charge in [-0.25, -0.2) is 0 Å². The van der Waals surface area contributed by atoms with Gasteiger partial charge in [0, 0.05) is 16.2 Å². The van der Waals surface area contributed by atoms with Crippen LogP contribution in [0.25, 0.3) is 17.0 Å². The third kappa shape index (κ3) is 2.16. The molecule has 0 aliphatic rings. The van der Waals surface area contributed by atoms with Gasteiger partial charge in [-0.2, -0.15) is 0 Å². The summed E-state index contributed by atoms with van der Waals surface area (Å²) in [5.74, 6) is 1.34. The van der Waals surface area contributed by atoms with Crippen molar-refractivity contribution < 1.29 is 0 Å². The number of halogens is 1. The van der Waals surface area contributed by atoms with E-state index in [2.05, 4.69) is 58.2 Å². The lowest BCUT2D eigenvalue weighted by Crippen LogP contribution is -1.96. The first kappa shape index (κ1) is 12.4. The lowest BCUT2D eigenvalue weighted by Gasteiger charge is -2.11. The predicted molar refractivity (Wildman–Crippen MR) is 80.2 cm³/mol. The Morgan fingerprint density at radius 3 is 2.63 bits per heavy atom. The van der Waals surface area contributed by atoms with Gasteiger partial charge in [-0.15, -0.1) is 10.2 Å². The van der Waals surface area contributed by atoms with Crippen LogP contribution in [0.15, 0.2) is 47.1 Å². The summed E-state index contributed by atoms with van der Waals surface area (Å²) in [4.78, 5) is 0. The molecule has 2 heterocycles. The van der Waals surface area contributed by atoms with Gasteiger partial charge < -0.3 is 0 Å². The van der Waals surface area contributed by atoms with E-state index in [9.17, 15) is 0 Å². The highest BCUT2D eigenvalue weighted by molar-refractivity contribution is 9.10. The van der Waals surface area contributed by atoms with Crippen molar-refractivity contribution in [3.05, 3.63) is 52.6 Å². The van der Waals surface area contributed by atoms with E-state index >= 15 is 0 Å². The molecule has 0 aliphatic carbocycles. The number of benzene rings is 1. The molecule has 3 nitrogen and oxygen atoms in total. The summed E-state index contributed by atoms with van der Waals surface area (Å²) in [7, 11) is 0. The summed E-state index contributed by atoms with van der Waals surface area (Å²) >= 11 is 3.49. The summed E-state index contributed by atoms with van der Waals surface area (Å²) in [6.07, 6.45) is 2.00. The summed E-state index contributed by atoms with van der Waals surface area (Å²) in [5.41, 5.74) is 3.29. The van der Waals surface area contributed by atoms with Gasteiger partial charge >= 0.3 is 0 Å². The van der Waals surface area contributed by atoms with Crippen LogP contribution in [-0.4, -0.2) is 14.6 Å². The largest absolute Gasteiger partial charge is 0.281 e. The van der Waals surface area contributed by atoms with Crippen molar-refractivity contribution >= 4 is 21.6 Å². The van der Waals surface area contributed by atoms with Crippen LogP contribution in [0.2, 0.25) is 0 Å². The van der Waals surface area contributed by atoms with Gasteiger partial charge in [0.05, 0.1) is 0 Å². The minimum atomic E-state index is 0.454. The molecule has 0 spiro atoms. The second kappa shape index (κ2) is 4.78. The fourth-order valence-electron chi connectivity index (χ4n) is 2.25. The van der Waals surface area contributed by atoms with Crippen LogP contribution in [0.3, 0.4) is 0 Å². The molecule has 0 atom stereocenters. The van der Waals surface area contributed by atoms with E-state index in [1.807, 2.05) is 28.8 Å². The molecule has 0 saturated heterocycles. The van der Waals surface area contributed by atoms with Crippen LogP contribution < -0.4 is 0 Å². The predicted octanol–water partition coefficient (Wildman–Crippen LogP) is 4.28. The molecule has 2 aromatic heterocycles. The van der Waals surface area contributed by atoms with Crippen LogP contribution in [-0.2, 0) is 0 Å². The average Bonchev–Trinajstić information content (AvgIpc) is 2.81. The third-order valence-electron chi connectivity index (χ3n) is 3.19. The van der Waals surface area contributed by atoms with E-state index < -0.39 is 0 Å². The van der Waals surface area contributed by atoms with Gasteiger partial charge in [0.25, 0.3) is 0 Å². The molecule has 0 bridgehead atoms. The molecular formula is C15H14BrN3. The van der Waals surface area contributed by atoms with E-state index in [0.717, 1.165) is 21.5 Å². The highest BCUT2D eigenvalue weighted by atomic mass is 79.9. The summed E-state index contributed by atoms with van der Waals surface area (Å²) in [5, 5.41) is 8.57. The monoisotopic (exact) mass is 315 g/mol. The Morgan fingerprint density at radius 2 is 1.84 bits per heavy atom. The Hall–Kier alpha value is -1.68. The van der Waals surface area contributed by atoms with E-state index in [4.69, 9.17) is 0 Å². The molecular weight excluding hydrogens is 302 g/mol. The second-order valence-corrected chi connectivity index (χ2v) is 5.76. The van der Waals surface area contributed by atoms with Gasteiger partial charge in [0.1, 0.15) is 0 Å². The van der Waals surface area contributed by atoms with Crippen molar-refractivity contribution in [1.29, 1.82) is 0 Å². The number of aromatic nitrogens is 3. The lowest BCUT2D eigenvalue weighted by molar-refractivity contribution is 0.865. The van der Waals surface area contributed by atoms with Gasteiger partial charge in [-0.3, -0.25) is 4.40 Å². The quantitative estimate of drug-likeness (QED) is 0.706. The first-order chi connectivity index (χ1) is 9.16. The van der Waals surface area contributed by atoms with Crippen LogP contribution in [0.5, 0.6) is 0 Å². The Morgan fingerprint density at radius 1 is 1.05 bits per heavy atom. The Bertz CT molecular complexity index is 731. The molecule has 1 aromatic carbocycles. The zero-order chi connectivity index (χ0) is 13.4. The van der Waals surface area contributed by atoms with Crippen molar-refractivity contribution in [2.75, 3.05) is 0 Å². The third-order valence-corrected chi connectivity index (χ3v) is 3.66. The van der Waals surface area contributed by atoms with Crippen LogP contribution in [0, 0.1) is 0 Å². The number of pyridine rings is 1. The van der Waals surface area contributed by atoms with Crippen molar-refractivity contribution in [2.45, 2.75) is 19.8 Å². The van der Waals surface area contributed by atoms with Crippen LogP contribution >= 0.6 is 15.9 Å². The standard InChI is InChI=1S/C15H14BrN3/c1-10(2)12-5-3-4-6-13(12)15-18-17-14-8-7-11(16)9-19(14)15/h3-10H,1-2H3. The molecule has 19 heavy (non-hydrogen) atoms. The van der Waals surface area contributed by atoms with Crippen molar-refractivity contribution in [3.63, 3.8) is 0 Å². The lowest BCUT2D eigenvalue weighted by atomic mass is 9.97. The topological polar surface area (TPSA) is 30.2 Å². The summed E-state index contributed by atoms with van der Waals surface area (Å²) < 4.78 is 3.04. The van der Waals surface area contributed by atoms with Crippen LogP contribution in [0.4, 0.5) is 0 Å². The molecule has 3 rings (SSSR count). The van der Waals surface area contributed by atoms with E-state index in [0.29, 0.717) is 5.92 Å². The summed E-state index contributed by atoms with van der Waals surface area (Å²) in [6.45, 7) is 4.38. The van der Waals surface area contributed by atoms with Gasteiger partial charge in [-0.1, -0.05) is 38.1 Å². The molecule has 0 amide bonds. The highest BCUT2D eigenvalue weighted by Gasteiger charge is 2.13. The normalized spacial score (nSPS) is 11.4. The molecule has 0 unspecified atom stereocenters. The SMILES string of the molecule is CC(C)c1ccccc1-c1nnc2ccc(Br)cn12. The molecule has 0 N–H and O–H groups in total. The molecule has 0 fully saturated rings. The second-order valence-electron chi connectivity index (χ2n) is 4.84. The zero-order valence-corrected chi connectivity index (χ0v) is 12.4. The minimum Gasteiger partial charge on any atom is -0.281 e. The van der Waals surface area contributed by atoms with Gasteiger partial charge in [-0.05, 0) is 39.5 Å². The molecule has 3 aromatic rings. The molecule has 4 heteroatoms. The first-order valence-electron chi connectivity index (χ1n) is 6.26. The van der Waals surface area contributed by atoms with E-state index in [1.54, 1.807) is 0 Å². The minimum absolute atomic E-state index is 0.454. The fraction of sp³-hybridized carbons (Fsp3) is 0.200. The first-order valence-corrected chi connectivity index (χ1v) is 7.05. The molecule has 0 saturated carbocycles. The Kier molecular flexibility index (Phi) is 3.11. The zero-order valence-electron chi connectivity index (χ0n) is 10.8. The maximum Gasteiger partial charge on any atom is 0.168 e. The Balaban J connectivity index is 2.28.